The van der Waals surface area contributed by atoms with Crippen LogP contribution in [0.1, 0.15) is 0 Å². The molecule has 7 heavy (non-hydrogen) atoms. The fraction of sp³-hybridized carbons (Fsp3) is 0. The van der Waals surface area contributed by atoms with E-state index in [4.69, 9.17) is 0 Å². The molecule has 0 aromatic carbocycles. The molecular weight excluding hydrogens is 367 g/mol. The minimum atomic E-state index is 0. The maximum Gasteiger partial charge on any atom is 0 e. The van der Waals surface area contributed by atoms with E-state index in [-0.39, 0.29) is 183 Å². The summed E-state index contributed by atoms with van der Waals surface area (Å²) in [4.78, 5) is 0. The van der Waals surface area contributed by atoms with Crippen molar-refractivity contribution in [1.82, 2.24) is 0 Å². The third-order valence-electron chi connectivity index (χ3n) is 0. The molecule has 0 aliphatic carbocycles. The Morgan fingerprint density at radius 2 is 1.00 bits per heavy atom. The summed E-state index contributed by atoms with van der Waals surface area (Å²) < 4.78 is 0. The molecule has 0 fully saturated rings. The summed E-state index contributed by atoms with van der Waals surface area (Å²) in [6.07, 6.45) is 0. The predicted octanol–water partition coefficient (Wildman–Crippen LogP) is -1.53. The van der Waals surface area contributed by atoms with Gasteiger partial charge in [-0.2, -0.15) is 0 Å². The van der Waals surface area contributed by atoms with Crippen LogP contribution in [0.2, 0.25) is 0 Å². The van der Waals surface area contributed by atoms with Crippen LogP contribution in [0.25, 0.3) is 0 Å². The van der Waals surface area contributed by atoms with E-state index in [0.717, 1.165) is 0 Å². The van der Waals surface area contributed by atoms with Crippen LogP contribution in [0.4, 0.5) is 0 Å². The molecule has 0 atom stereocenters. The van der Waals surface area contributed by atoms with Crippen LogP contribution in [-0.2, 0) is 53.6 Å². The van der Waals surface area contributed by atoms with E-state index >= 15 is 0 Å². The SMILES string of the molecule is [Ca].[Cu].[Fe].[K].[Mg].[Se].[Zn]. The Labute approximate surface area is 177 Å². The van der Waals surface area contributed by atoms with Crippen LogP contribution < -0.4 is 0 Å². The molecule has 0 saturated carbocycles. The zero-order valence-electron chi connectivity index (χ0n) is 4.18. The fourth-order valence-corrected chi connectivity index (χ4v) is 0. The monoisotopic (exact) mass is 366 g/mol. The summed E-state index contributed by atoms with van der Waals surface area (Å²) in [6, 6.07) is 0. The Hall–Kier alpha value is 5.84. The Kier molecular flexibility index (Phi) is 307. The first-order valence-electron chi connectivity index (χ1n) is 0. The normalized spacial score (nSPS) is 0. The quantitative estimate of drug-likeness (QED) is 0.456. The van der Waals surface area contributed by atoms with E-state index in [0.29, 0.717) is 0 Å². The molecule has 0 heterocycles. The van der Waals surface area contributed by atoms with Crippen molar-refractivity contribution in [3.8, 4) is 0 Å². The Morgan fingerprint density at radius 3 is 1.00 bits per heavy atom. The minimum absolute atomic E-state index is 0. The molecule has 0 rings (SSSR count). The van der Waals surface area contributed by atoms with Gasteiger partial charge < -0.3 is 0 Å². The van der Waals surface area contributed by atoms with Gasteiger partial charge in [0.25, 0.3) is 0 Å². The molecule has 0 saturated heterocycles. The first-order chi connectivity index (χ1) is 0. The van der Waals surface area contributed by atoms with Gasteiger partial charge in [-0.05, 0) is 0 Å². The second-order valence-electron chi connectivity index (χ2n) is 0. The Morgan fingerprint density at radius 1 is 1.00 bits per heavy atom. The van der Waals surface area contributed by atoms with Crippen molar-refractivity contribution in [1.29, 1.82) is 0 Å². The first kappa shape index (κ1) is 52.8. The molecule has 0 nitrogen and oxygen atoms in total. The molecule has 0 N–H and O–H groups in total. The van der Waals surface area contributed by atoms with Gasteiger partial charge in [0.2, 0.25) is 0 Å². The second kappa shape index (κ2) is 40.8. The van der Waals surface area contributed by atoms with Crippen LogP contribution in [0, 0.1) is 0 Å². The molecule has 0 aromatic rings. The van der Waals surface area contributed by atoms with Crippen LogP contribution in [0.15, 0.2) is 0 Å². The molecule has 0 amide bonds. The second-order valence-corrected chi connectivity index (χ2v) is 0. The summed E-state index contributed by atoms with van der Waals surface area (Å²) in [7, 11) is 0. The van der Waals surface area contributed by atoms with Crippen molar-refractivity contribution in [2.45, 2.75) is 0 Å². The van der Waals surface area contributed by atoms with Crippen LogP contribution in [-0.4, -0.2) is 129 Å². The van der Waals surface area contributed by atoms with Crippen molar-refractivity contribution >= 4 is 129 Å². The average Bonchev–Trinajstić information content (AvgIpc) is 0. The van der Waals surface area contributed by atoms with E-state index < -0.39 is 0 Å². The van der Waals surface area contributed by atoms with E-state index in [1.165, 1.54) is 0 Å². The largest absolute Gasteiger partial charge is 0 e. The van der Waals surface area contributed by atoms with Crippen molar-refractivity contribution in [3.63, 3.8) is 0 Å². The summed E-state index contributed by atoms with van der Waals surface area (Å²) in [5.41, 5.74) is 0. The topological polar surface area (TPSA) is 0 Å². The Balaban J connectivity index is 0. The van der Waals surface area contributed by atoms with Gasteiger partial charge in [0, 0.05) is 183 Å². The van der Waals surface area contributed by atoms with Crippen LogP contribution in [0.3, 0.4) is 0 Å². The van der Waals surface area contributed by atoms with Gasteiger partial charge in [-0.3, -0.25) is 0 Å². The number of hydrogen-bond donors (Lipinski definition) is 0. The third-order valence-corrected chi connectivity index (χ3v) is 0. The van der Waals surface area contributed by atoms with Gasteiger partial charge in [-0.15, -0.1) is 0 Å². The van der Waals surface area contributed by atoms with E-state index in [1.807, 2.05) is 0 Å². The van der Waals surface area contributed by atoms with E-state index in [9.17, 15) is 0 Å². The predicted molar refractivity (Wildman–Crippen MR) is 23.0 cm³/mol. The number of hydrogen-bond acceptors (Lipinski definition) is 0. The van der Waals surface area contributed by atoms with Gasteiger partial charge in [0.15, 0.2) is 0 Å². The molecule has 0 aromatic heterocycles. The molecule has 32 valence electrons. The van der Waals surface area contributed by atoms with Gasteiger partial charge in [-0.25, -0.2) is 0 Å². The molecule has 0 unspecified atom stereocenters. The van der Waals surface area contributed by atoms with Crippen molar-refractivity contribution in [2.24, 2.45) is 0 Å². The minimum Gasteiger partial charge on any atom is 0 e. The smallest absolute Gasteiger partial charge is 0 e. The zero-order valence-corrected chi connectivity index (χ0v) is 17.7. The summed E-state index contributed by atoms with van der Waals surface area (Å²) in [6.45, 7) is 0. The summed E-state index contributed by atoms with van der Waals surface area (Å²) >= 11 is 0. The van der Waals surface area contributed by atoms with Gasteiger partial charge in [0.1, 0.15) is 0 Å². The fourth-order valence-electron chi connectivity index (χ4n) is 0. The van der Waals surface area contributed by atoms with Crippen LogP contribution >= 0.6 is 0 Å². The average molecular weight is 367 g/mol. The zero-order chi connectivity index (χ0) is 0. The van der Waals surface area contributed by atoms with Crippen LogP contribution in [0.5, 0.6) is 0 Å². The first-order valence-corrected chi connectivity index (χ1v) is 0. The van der Waals surface area contributed by atoms with Gasteiger partial charge in [-0.1, -0.05) is 0 Å². The Bertz CT molecular complexity index is 19.7. The van der Waals surface area contributed by atoms with E-state index in [2.05, 4.69) is 0 Å². The number of rotatable bonds is 0. The molecule has 0 spiro atoms. The molecule has 0 bridgehead atoms. The van der Waals surface area contributed by atoms with Crippen molar-refractivity contribution in [2.75, 3.05) is 0 Å². The summed E-state index contributed by atoms with van der Waals surface area (Å²) in [5.74, 6) is 0. The van der Waals surface area contributed by atoms with Gasteiger partial charge in [0.05, 0.1) is 0 Å². The molecule has 0 aliphatic heterocycles. The van der Waals surface area contributed by atoms with Crippen molar-refractivity contribution in [3.05, 3.63) is 0 Å². The maximum absolute atomic E-state index is 0. The van der Waals surface area contributed by atoms with E-state index in [1.54, 1.807) is 0 Å². The molecule has 0 aliphatic rings. The maximum atomic E-state index is 0. The van der Waals surface area contributed by atoms with Crippen molar-refractivity contribution < 1.29 is 53.6 Å². The van der Waals surface area contributed by atoms with Gasteiger partial charge >= 0.3 is 0 Å². The third kappa shape index (κ3) is 33.6. The molecular formula is CaCuFeKMgSeZn. The molecule has 7 heteroatoms. The summed E-state index contributed by atoms with van der Waals surface area (Å²) in [5, 5.41) is 0. The molecule has 8 radical (unpaired) electrons. The standard InChI is InChI=1S/Ca.Cu.Fe.K.Mg.Se.Zn.